The van der Waals surface area contributed by atoms with Crippen LogP contribution in [-0.2, 0) is 26.7 Å². The number of hydrogen-bond donors (Lipinski definition) is 3. The molecule has 1 aliphatic heterocycles. The lowest BCUT2D eigenvalue weighted by Gasteiger charge is -2.59. The molecule has 2 saturated carbocycles. The summed E-state index contributed by atoms with van der Waals surface area (Å²) >= 11 is 0. The molecular weight excluding hydrogens is 482 g/mol. The number of ether oxygens (including phenoxy) is 1. The number of rotatable bonds is 5. The van der Waals surface area contributed by atoms with Crippen molar-refractivity contribution in [2.45, 2.75) is 104 Å². The largest absolute Gasteiger partial charge is 0.494 e. The minimum absolute atomic E-state index is 0.0801. The topological polar surface area (TPSA) is 141 Å². The van der Waals surface area contributed by atoms with E-state index in [1.807, 2.05) is 0 Å². The van der Waals surface area contributed by atoms with Crippen LogP contribution in [0.4, 0.5) is 0 Å². The van der Waals surface area contributed by atoms with Gasteiger partial charge in [0.25, 0.3) is 20.2 Å². The number of nitrogens with zero attached hydrogens (tertiary/aromatic N) is 1. The van der Waals surface area contributed by atoms with Crippen molar-refractivity contribution in [2.24, 2.45) is 5.92 Å². The summed E-state index contributed by atoms with van der Waals surface area (Å²) in [5.74, 6) is -0.525. The molecule has 1 saturated heterocycles. The highest BCUT2D eigenvalue weighted by molar-refractivity contribution is 7.86. The highest BCUT2D eigenvalue weighted by Crippen LogP contribution is 2.53. The van der Waals surface area contributed by atoms with Crippen molar-refractivity contribution in [2.75, 3.05) is 7.11 Å². The molecule has 9 nitrogen and oxygen atoms in total. The van der Waals surface area contributed by atoms with Crippen molar-refractivity contribution >= 4 is 20.2 Å². The second-order valence-corrected chi connectivity index (χ2v) is 13.2. The van der Waals surface area contributed by atoms with E-state index >= 15 is 0 Å². The summed E-state index contributed by atoms with van der Waals surface area (Å²) in [5.41, 5.74) is -0.278. The molecule has 3 aliphatic rings. The van der Waals surface area contributed by atoms with Gasteiger partial charge in [-0.25, -0.2) is 0 Å². The van der Waals surface area contributed by atoms with Crippen LogP contribution in [-0.4, -0.2) is 54.4 Å². The molecule has 1 heterocycles. The summed E-state index contributed by atoms with van der Waals surface area (Å²) in [6.45, 7) is 0. The third kappa shape index (κ3) is 4.87. The standard InChI is InChI=1S/C23H35NO8S2/c1-32-21-19(33(26,27)28)13-17(14-20(21)34(29,30)31)12-18-15-22(8-4-2-5-9-22)24(25)23(16-18)10-6-3-7-11-23/h13-14,18,25H,2-12,15-16H2,1H3,(H,26,27,28)(H,29,30,31). The number of benzene rings is 1. The van der Waals surface area contributed by atoms with E-state index in [0.29, 0.717) is 12.0 Å². The Morgan fingerprint density at radius 2 is 1.26 bits per heavy atom. The minimum Gasteiger partial charge on any atom is -0.494 e. The van der Waals surface area contributed by atoms with Crippen molar-refractivity contribution in [1.82, 2.24) is 5.06 Å². The van der Waals surface area contributed by atoms with E-state index in [-0.39, 0.29) is 17.0 Å². The van der Waals surface area contributed by atoms with Gasteiger partial charge in [0.05, 0.1) is 7.11 Å². The average molecular weight is 518 g/mol. The van der Waals surface area contributed by atoms with Gasteiger partial charge < -0.3 is 9.94 Å². The first kappa shape index (κ1) is 25.8. The molecule has 2 aliphatic carbocycles. The Labute approximate surface area is 201 Å². The average Bonchev–Trinajstić information content (AvgIpc) is 2.77. The summed E-state index contributed by atoms with van der Waals surface area (Å²) in [4.78, 5) is -1.36. The van der Waals surface area contributed by atoms with Crippen LogP contribution in [0.25, 0.3) is 0 Å². The fourth-order valence-electron chi connectivity index (χ4n) is 6.89. The van der Waals surface area contributed by atoms with Crippen LogP contribution < -0.4 is 4.74 Å². The Hall–Kier alpha value is -1.24. The second-order valence-electron chi connectivity index (χ2n) is 10.4. The van der Waals surface area contributed by atoms with Crippen molar-refractivity contribution in [3.63, 3.8) is 0 Å². The highest BCUT2D eigenvalue weighted by Gasteiger charge is 2.54. The molecular formula is C23H35NO8S2. The SMILES string of the molecule is COc1c(S(=O)(=O)O)cc(CC2CC3(CCCCC3)N(O)C3(CCCCC3)C2)cc1S(=O)(=O)O. The van der Waals surface area contributed by atoms with Gasteiger partial charge in [-0.2, -0.15) is 21.9 Å². The first-order chi connectivity index (χ1) is 15.9. The number of methoxy groups -OCH3 is 1. The molecule has 0 aromatic heterocycles. The number of hydroxylamine groups is 2. The fraction of sp³-hybridized carbons (Fsp3) is 0.739. The summed E-state index contributed by atoms with van der Waals surface area (Å²) in [6, 6.07) is 2.46. The zero-order valence-electron chi connectivity index (χ0n) is 19.6. The van der Waals surface area contributed by atoms with Gasteiger partial charge in [-0.05, 0) is 68.6 Å². The van der Waals surface area contributed by atoms with E-state index in [0.717, 1.165) is 84.2 Å². The minimum atomic E-state index is -4.80. The summed E-state index contributed by atoms with van der Waals surface area (Å²) in [7, 11) is -8.53. The third-order valence-electron chi connectivity index (χ3n) is 8.17. The van der Waals surface area contributed by atoms with Crippen LogP contribution in [0.5, 0.6) is 5.75 Å². The van der Waals surface area contributed by atoms with Crippen LogP contribution in [0, 0.1) is 5.92 Å². The van der Waals surface area contributed by atoms with Crippen molar-refractivity contribution < 1.29 is 35.9 Å². The van der Waals surface area contributed by atoms with Gasteiger partial charge in [0.15, 0.2) is 5.75 Å². The molecule has 3 N–H and O–H groups in total. The van der Waals surface area contributed by atoms with Crippen molar-refractivity contribution in [1.29, 1.82) is 0 Å². The smallest absolute Gasteiger partial charge is 0.298 e. The van der Waals surface area contributed by atoms with Gasteiger partial charge in [-0.3, -0.25) is 9.11 Å². The lowest BCUT2D eigenvalue weighted by molar-refractivity contribution is -0.286. The van der Waals surface area contributed by atoms with Gasteiger partial charge in [0.2, 0.25) is 0 Å². The predicted molar refractivity (Wildman–Crippen MR) is 124 cm³/mol. The summed E-state index contributed by atoms with van der Waals surface area (Å²) in [5, 5.41) is 13.2. The molecule has 2 spiro atoms. The Bertz CT molecular complexity index is 1040. The van der Waals surface area contributed by atoms with Gasteiger partial charge in [0, 0.05) is 11.1 Å². The molecule has 0 radical (unpaired) electrons. The molecule has 0 unspecified atom stereocenters. The quantitative estimate of drug-likeness (QED) is 0.489. The maximum absolute atomic E-state index is 12.0. The number of hydrogen-bond acceptors (Lipinski definition) is 7. The van der Waals surface area contributed by atoms with Gasteiger partial charge in [0.1, 0.15) is 9.79 Å². The molecule has 1 aromatic carbocycles. The van der Waals surface area contributed by atoms with Crippen LogP contribution in [0.3, 0.4) is 0 Å². The molecule has 0 bridgehead atoms. The van der Waals surface area contributed by atoms with Crippen LogP contribution >= 0.6 is 0 Å². The van der Waals surface area contributed by atoms with Crippen LogP contribution in [0.15, 0.2) is 21.9 Å². The Kier molecular flexibility index (Phi) is 7.09. The highest BCUT2D eigenvalue weighted by atomic mass is 32.2. The first-order valence-corrected chi connectivity index (χ1v) is 14.9. The summed E-state index contributed by atoms with van der Waals surface area (Å²) < 4.78 is 72.5. The molecule has 0 atom stereocenters. The number of piperidine rings is 1. The Morgan fingerprint density at radius 3 is 1.62 bits per heavy atom. The van der Waals surface area contributed by atoms with Gasteiger partial charge in [-0.1, -0.05) is 38.5 Å². The van der Waals surface area contributed by atoms with E-state index in [1.54, 1.807) is 5.06 Å². The lowest BCUT2D eigenvalue weighted by atomic mass is 9.62. The third-order valence-corrected chi connectivity index (χ3v) is 9.89. The predicted octanol–water partition coefficient (Wildman–Crippen LogP) is 4.24. The maximum atomic E-state index is 12.0. The van der Waals surface area contributed by atoms with Crippen molar-refractivity contribution in [3.05, 3.63) is 17.7 Å². The molecule has 4 rings (SSSR count). The molecule has 192 valence electrons. The molecule has 3 fully saturated rings. The van der Waals surface area contributed by atoms with Crippen LogP contribution in [0.1, 0.15) is 82.6 Å². The van der Waals surface area contributed by atoms with Crippen LogP contribution in [0.2, 0.25) is 0 Å². The summed E-state index contributed by atoms with van der Waals surface area (Å²) in [6.07, 6.45) is 11.9. The normalized spacial score (nSPS) is 25.5. The van der Waals surface area contributed by atoms with E-state index in [9.17, 15) is 31.1 Å². The zero-order valence-corrected chi connectivity index (χ0v) is 21.2. The first-order valence-electron chi connectivity index (χ1n) is 12.1. The lowest BCUT2D eigenvalue weighted by Crippen LogP contribution is -2.65. The molecule has 11 heteroatoms. The van der Waals surface area contributed by atoms with Crippen molar-refractivity contribution in [3.8, 4) is 5.75 Å². The zero-order chi connectivity index (χ0) is 24.8. The van der Waals surface area contributed by atoms with E-state index < -0.39 is 35.8 Å². The Balaban J connectivity index is 1.75. The Morgan fingerprint density at radius 1 is 0.853 bits per heavy atom. The van der Waals surface area contributed by atoms with E-state index in [4.69, 9.17) is 4.74 Å². The molecule has 0 amide bonds. The fourth-order valence-corrected chi connectivity index (χ4v) is 8.41. The molecule has 34 heavy (non-hydrogen) atoms. The van der Waals surface area contributed by atoms with Gasteiger partial charge in [-0.15, -0.1) is 0 Å². The van der Waals surface area contributed by atoms with Gasteiger partial charge >= 0.3 is 0 Å². The van der Waals surface area contributed by atoms with E-state index in [1.165, 1.54) is 12.1 Å². The second kappa shape index (κ2) is 9.33. The van der Waals surface area contributed by atoms with E-state index in [2.05, 4.69) is 0 Å². The monoisotopic (exact) mass is 517 g/mol. The molecule has 1 aromatic rings. The maximum Gasteiger partial charge on any atom is 0.298 e.